The van der Waals surface area contributed by atoms with Crippen LogP contribution in [0.3, 0.4) is 0 Å². The average molecular weight is 317 g/mol. The molecular weight excluding hydrogens is 298 g/mol. The SMILES string of the molecule is Cc1nccc(N2CCN(C(=O)NCc3ccsc3)CC2)n1. The van der Waals surface area contributed by atoms with Gasteiger partial charge in [-0.15, -0.1) is 0 Å². The number of urea groups is 1. The zero-order chi connectivity index (χ0) is 15.4. The molecular formula is C15H19N5OS. The Balaban J connectivity index is 1.49. The highest BCUT2D eigenvalue weighted by molar-refractivity contribution is 7.07. The smallest absolute Gasteiger partial charge is 0.317 e. The monoisotopic (exact) mass is 317 g/mol. The molecule has 1 fully saturated rings. The van der Waals surface area contributed by atoms with E-state index in [0.717, 1.165) is 30.3 Å². The molecule has 0 aromatic carbocycles. The molecule has 22 heavy (non-hydrogen) atoms. The molecule has 0 aliphatic carbocycles. The number of amides is 2. The maximum Gasteiger partial charge on any atom is 0.317 e. The Hall–Kier alpha value is -2.15. The zero-order valence-electron chi connectivity index (χ0n) is 12.5. The first-order valence-corrected chi connectivity index (χ1v) is 8.25. The first-order chi connectivity index (χ1) is 10.7. The Kier molecular flexibility index (Phi) is 4.53. The normalized spacial score (nSPS) is 15.0. The molecule has 2 aromatic heterocycles. The van der Waals surface area contributed by atoms with E-state index < -0.39 is 0 Å². The van der Waals surface area contributed by atoms with Crippen LogP contribution in [0.5, 0.6) is 0 Å². The number of anilines is 1. The maximum atomic E-state index is 12.2. The number of carbonyl (C=O) groups excluding carboxylic acids is 1. The molecule has 2 amide bonds. The van der Waals surface area contributed by atoms with E-state index in [9.17, 15) is 4.79 Å². The summed E-state index contributed by atoms with van der Waals surface area (Å²) in [6.07, 6.45) is 1.78. The largest absolute Gasteiger partial charge is 0.353 e. The number of hydrogen-bond donors (Lipinski definition) is 1. The number of thiophene rings is 1. The standard InChI is InChI=1S/C15H19N5OS/c1-12-16-4-2-14(18-12)19-5-7-20(8-6-19)15(21)17-10-13-3-9-22-11-13/h2-4,9,11H,5-8,10H2,1H3,(H,17,21). The van der Waals surface area contributed by atoms with Crippen molar-refractivity contribution in [1.29, 1.82) is 0 Å². The van der Waals surface area contributed by atoms with E-state index in [2.05, 4.69) is 25.6 Å². The van der Waals surface area contributed by atoms with Gasteiger partial charge in [-0.05, 0) is 35.4 Å². The van der Waals surface area contributed by atoms with Crippen LogP contribution >= 0.6 is 11.3 Å². The quantitative estimate of drug-likeness (QED) is 0.939. The lowest BCUT2D eigenvalue weighted by molar-refractivity contribution is 0.194. The first kappa shape index (κ1) is 14.8. The molecule has 0 unspecified atom stereocenters. The van der Waals surface area contributed by atoms with Crippen LogP contribution in [-0.4, -0.2) is 47.1 Å². The molecule has 3 heterocycles. The van der Waals surface area contributed by atoms with E-state index >= 15 is 0 Å². The van der Waals surface area contributed by atoms with Crippen molar-refractivity contribution in [3.8, 4) is 0 Å². The van der Waals surface area contributed by atoms with Gasteiger partial charge in [-0.3, -0.25) is 0 Å². The summed E-state index contributed by atoms with van der Waals surface area (Å²) < 4.78 is 0. The molecule has 2 aromatic rings. The van der Waals surface area contributed by atoms with Crippen LogP contribution in [0.4, 0.5) is 10.6 Å². The van der Waals surface area contributed by atoms with Crippen LogP contribution < -0.4 is 10.2 Å². The van der Waals surface area contributed by atoms with Gasteiger partial charge in [-0.25, -0.2) is 14.8 Å². The Labute approximate surface area is 133 Å². The third kappa shape index (κ3) is 3.54. The van der Waals surface area contributed by atoms with Crippen LogP contribution in [0.15, 0.2) is 29.1 Å². The van der Waals surface area contributed by atoms with Crippen molar-refractivity contribution in [1.82, 2.24) is 20.2 Å². The van der Waals surface area contributed by atoms with Gasteiger partial charge in [0, 0.05) is 38.9 Å². The second-order valence-electron chi connectivity index (χ2n) is 5.23. The van der Waals surface area contributed by atoms with Crippen LogP contribution in [0.25, 0.3) is 0 Å². The highest BCUT2D eigenvalue weighted by Gasteiger charge is 2.21. The van der Waals surface area contributed by atoms with E-state index in [1.807, 2.05) is 29.3 Å². The third-order valence-electron chi connectivity index (χ3n) is 3.68. The summed E-state index contributed by atoms with van der Waals surface area (Å²) >= 11 is 1.64. The lowest BCUT2D eigenvalue weighted by Gasteiger charge is -2.35. The molecule has 1 N–H and O–H groups in total. The van der Waals surface area contributed by atoms with Gasteiger partial charge in [0.1, 0.15) is 11.6 Å². The fraction of sp³-hybridized carbons (Fsp3) is 0.400. The summed E-state index contributed by atoms with van der Waals surface area (Å²) in [5.74, 6) is 1.71. The number of aromatic nitrogens is 2. The number of hydrogen-bond acceptors (Lipinski definition) is 5. The Morgan fingerprint density at radius 3 is 2.82 bits per heavy atom. The Morgan fingerprint density at radius 1 is 1.32 bits per heavy atom. The fourth-order valence-corrected chi connectivity index (χ4v) is 3.11. The predicted octanol–water partition coefficient (Wildman–Crippen LogP) is 1.88. The van der Waals surface area contributed by atoms with E-state index in [1.54, 1.807) is 17.5 Å². The van der Waals surface area contributed by atoms with Gasteiger partial charge in [0.25, 0.3) is 0 Å². The van der Waals surface area contributed by atoms with Crippen molar-refractivity contribution in [2.24, 2.45) is 0 Å². The minimum atomic E-state index is 0.00437. The number of nitrogens with one attached hydrogen (secondary N) is 1. The summed E-state index contributed by atoms with van der Waals surface area (Å²) in [4.78, 5) is 24.8. The van der Waals surface area contributed by atoms with Crippen molar-refractivity contribution in [2.75, 3.05) is 31.1 Å². The molecule has 7 heteroatoms. The number of aryl methyl sites for hydroxylation is 1. The fourth-order valence-electron chi connectivity index (χ4n) is 2.44. The molecule has 1 saturated heterocycles. The highest BCUT2D eigenvalue weighted by Crippen LogP contribution is 2.13. The minimum absolute atomic E-state index is 0.00437. The first-order valence-electron chi connectivity index (χ1n) is 7.31. The van der Waals surface area contributed by atoms with Crippen molar-refractivity contribution < 1.29 is 4.79 Å². The topological polar surface area (TPSA) is 61.4 Å². The van der Waals surface area contributed by atoms with Gasteiger partial charge in [-0.2, -0.15) is 11.3 Å². The summed E-state index contributed by atoms with van der Waals surface area (Å²) in [6.45, 7) is 5.48. The summed E-state index contributed by atoms with van der Waals surface area (Å²) in [5, 5.41) is 7.04. The number of piperazine rings is 1. The highest BCUT2D eigenvalue weighted by atomic mass is 32.1. The molecule has 0 bridgehead atoms. The van der Waals surface area contributed by atoms with E-state index in [0.29, 0.717) is 19.6 Å². The molecule has 0 saturated carbocycles. The molecule has 3 rings (SSSR count). The average Bonchev–Trinajstić information content (AvgIpc) is 3.06. The van der Waals surface area contributed by atoms with Crippen molar-refractivity contribution in [3.63, 3.8) is 0 Å². The molecule has 0 spiro atoms. The van der Waals surface area contributed by atoms with Gasteiger partial charge in [-0.1, -0.05) is 0 Å². The summed E-state index contributed by atoms with van der Waals surface area (Å²) in [7, 11) is 0. The molecule has 6 nitrogen and oxygen atoms in total. The number of nitrogens with zero attached hydrogens (tertiary/aromatic N) is 4. The van der Waals surface area contributed by atoms with Crippen molar-refractivity contribution in [2.45, 2.75) is 13.5 Å². The molecule has 1 aliphatic heterocycles. The van der Waals surface area contributed by atoms with E-state index in [-0.39, 0.29) is 6.03 Å². The van der Waals surface area contributed by atoms with Gasteiger partial charge in [0.2, 0.25) is 0 Å². The number of carbonyl (C=O) groups is 1. The molecule has 0 radical (unpaired) electrons. The van der Waals surface area contributed by atoms with E-state index in [4.69, 9.17) is 0 Å². The number of rotatable bonds is 3. The van der Waals surface area contributed by atoms with Crippen molar-refractivity contribution in [3.05, 3.63) is 40.5 Å². The second kappa shape index (κ2) is 6.74. The van der Waals surface area contributed by atoms with Crippen LogP contribution in [0, 0.1) is 6.92 Å². The second-order valence-corrected chi connectivity index (χ2v) is 6.01. The lowest BCUT2D eigenvalue weighted by Crippen LogP contribution is -2.51. The van der Waals surface area contributed by atoms with Crippen LogP contribution in [0.2, 0.25) is 0 Å². The third-order valence-corrected chi connectivity index (χ3v) is 4.41. The lowest BCUT2D eigenvalue weighted by atomic mass is 10.3. The molecule has 116 valence electrons. The van der Waals surface area contributed by atoms with Gasteiger partial charge < -0.3 is 15.1 Å². The van der Waals surface area contributed by atoms with Crippen LogP contribution in [0.1, 0.15) is 11.4 Å². The van der Waals surface area contributed by atoms with Crippen molar-refractivity contribution >= 4 is 23.2 Å². The summed E-state index contributed by atoms with van der Waals surface area (Å²) in [6, 6.07) is 3.95. The molecule has 1 aliphatic rings. The minimum Gasteiger partial charge on any atom is -0.353 e. The Bertz CT molecular complexity index is 623. The van der Waals surface area contributed by atoms with E-state index in [1.165, 1.54) is 0 Å². The van der Waals surface area contributed by atoms with Gasteiger partial charge in [0.15, 0.2) is 0 Å². The maximum absolute atomic E-state index is 12.2. The molecule has 0 atom stereocenters. The Morgan fingerprint density at radius 2 is 2.14 bits per heavy atom. The predicted molar refractivity (Wildman–Crippen MR) is 87.1 cm³/mol. The zero-order valence-corrected chi connectivity index (χ0v) is 13.3. The van der Waals surface area contributed by atoms with Gasteiger partial charge in [0.05, 0.1) is 0 Å². The summed E-state index contributed by atoms with van der Waals surface area (Å²) in [5.41, 5.74) is 1.15. The van der Waals surface area contributed by atoms with Crippen LogP contribution in [-0.2, 0) is 6.54 Å². The van der Waals surface area contributed by atoms with Gasteiger partial charge >= 0.3 is 6.03 Å².